The molecule has 1 saturated heterocycles. The Bertz CT molecular complexity index is 519. The second kappa shape index (κ2) is 5.01. The number of ketones is 1. The van der Waals surface area contributed by atoms with Crippen molar-refractivity contribution in [3.8, 4) is 0 Å². The highest BCUT2D eigenvalue weighted by atomic mass is 16.7. The van der Waals surface area contributed by atoms with E-state index in [0.717, 1.165) is 16.6 Å². The van der Waals surface area contributed by atoms with Crippen molar-refractivity contribution in [1.82, 2.24) is 0 Å². The molecular formula is C16H23BO3. The summed E-state index contributed by atoms with van der Waals surface area (Å²) in [6.45, 7) is 11.8. The van der Waals surface area contributed by atoms with Crippen LogP contribution in [0.3, 0.4) is 0 Å². The van der Waals surface area contributed by atoms with Crippen molar-refractivity contribution in [3.63, 3.8) is 0 Å². The van der Waals surface area contributed by atoms with Gasteiger partial charge < -0.3 is 9.31 Å². The quantitative estimate of drug-likeness (QED) is 0.794. The van der Waals surface area contributed by atoms with Gasteiger partial charge >= 0.3 is 7.12 Å². The maximum Gasteiger partial charge on any atom is 0.495 e. The van der Waals surface area contributed by atoms with Crippen molar-refractivity contribution >= 4 is 18.4 Å². The molecule has 108 valence electrons. The van der Waals surface area contributed by atoms with Crippen LogP contribution in [0, 0.1) is 6.92 Å². The van der Waals surface area contributed by atoms with Gasteiger partial charge in [0, 0.05) is 6.42 Å². The zero-order valence-corrected chi connectivity index (χ0v) is 13.2. The van der Waals surface area contributed by atoms with Gasteiger partial charge in [-0.3, -0.25) is 4.79 Å². The van der Waals surface area contributed by atoms with E-state index in [4.69, 9.17) is 9.31 Å². The Kier molecular flexibility index (Phi) is 3.82. The van der Waals surface area contributed by atoms with E-state index in [2.05, 4.69) is 0 Å². The fourth-order valence-corrected chi connectivity index (χ4v) is 2.31. The number of hydrogen-bond donors (Lipinski definition) is 0. The Morgan fingerprint density at radius 3 is 2.20 bits per heavy atom. The van der Waals surface area contributed by atoms with Crippen LogP contribution in [0.25, 0.3) is 0 Å². The van der Waals surface area contributed by atoms with E-state index < -0.39 is 0 Å². The van der Waals surface area contributed by atoms with E-state index in [1.54, 1.807) is 6.92 Å². The van der Waals surface area contributed by atoms with Gasteiger partial charge in [0.05, 0.1) is 11.2 Å². The molecule has 1 aromatic rings. The van der Waals surface area contributed by atoms with Crippen molar-refractivity contribution in [2.45, 2.75) is 59.2 Å². The van der Waals surface area contributed by atoms with Gasteiger partial charge in [0.1, 0.15) is 5.78 Å². The summed E-state index contributed by atoms with van der Waals surface area (Å²) in [5.41, 5.74) is 2.45. The Morgan fingerprint density at radius 2 is 1.70 bits per heavy atom. The van der Waals surface area contributed by atoms with Crippen LogP contribution >= 0.6 is 0 Å². The number of Topliss-reactive ketones (excluding diaryl/α,β-unsaturated/α-hetero) is 1. The molecule has 2 rings (SSSR count). The van der Waals surface area contributed by atoms with E-state index >= 15 is 0 Å². The Balaban J connectivity index is 2.32. The van der Waals surface area contributed by atoms with Crippen molar-refractivity contribution in [2.75, 3.05) is 0 Å². The minimum Gasteiger partial charge on any atom is -0.399 e. The monoisotopic (exact) mass is 274 g/mol. The minimum atomic E-state index is -0.369. The van der Waals surface area contributed by atoms with E-state index in [-0.39, 0.29) is 24.1 Å². The van der Waals surface area contributed by atoms with Crippen LogP contribution in [0.15, 0.2) is 18.2 Å². The molecule has 0 radical (unpaired) electrons. The lowest BCUT2D eigenvalue weighted by Gasteiger charge is -2.32. The molecule has 0 saturated carbocycles. The van der Waals surface area contributed by atoms with E-state index in [1.165, 1.54) is 0 Å². The molecule has 4 heteroatoms. The van der Waals surface area contributed by atoms with Gasteiger partial charge in [-0.05, 0) is 52.6 Å². The van der Waals surface area contributed by atoms with E-state index in [1.807, 2.05) is 52.8 Å². The SMILES string of the molecule is CC(=O)Cc1ccc(C)c(B2OC(C)(C)C(C)(C)O2)c1. The molecule has 0 aliphatic carbocycles. The topological polar surface area (TPSA) is 35.5 Å². The number of benzene rings is 1. The lowest BCUT2D eigenvalue weighted by Crippen LogP contribution is -2.41. The zero-order valence-electron chi connectivity index (χ0n) is 13.2. The number of rotatable bonds is 3. The third kappa shape index (κ3) is 2.81. The molecule has 0 bridgehead atoms. The molecule has 1 aliphatic rings. The molecule has 1 heterocycles. The molecule has 0 spiro atoms. The summed E-state index contributed by atoms with van der Waals surface area (Å²) < 4.78 is 12.2. The predicted molar refractivity (Wildman–Crippen MR) is 81.3 cm³/mol. The van der Waals surface area contributed by atoms with E-state index in [0.29, 0.717) is 6.42 Å². The second-order valence-corrected chi connectivity index (χ2v) is 6.66. The highest BCUT2D eigenvalue weighted by molar-refractivity contribution is 6.62. The molecule has 3 nitrogen and oxygen atoms in total. The first-order valence-electron chi connectivity index (χ1n) is 7.07. The zero-order chi connectivity index (χ0) is 15.1. The minimum absolute atomic E-state index is 0.161. The maximum absolute atomic E-state index is 11.3. The Morgan fingerprint density at radius 1 is 1.15 bits per heavy atom. The smallest absolute Gasteiger partial charge is 0.399 e. The summed E-state index contributed by atoms with van der Waals surface area (Å²) in [5, 5.41) is 0. The van der Waals surface area contributed by atoms with Crippen molar-refractivity contribution in [3.05, 3.63) is 29.3 Å². The maximum atomic E-state index is 11.3. The lowest BCUT2D eigenvalue weighted by molar-refractivity contribution is -0.116. The normalized spacial score (nSPS) is 20.2. The third-order valence-electron chi connectivity index (χ3n) is 4.30. The van der Waals surface area contributed by atoms with Crippen LogP contribution in [-0.4, -0.2) is 24.1 Å². The molecule has 1 aliphatic heterocycles. The van der Waals surface area contributed by atoms with Crippen LogP contribution in [0.5, 0.6) is 0 Å². The van der Waals surface area contributed by atoms with Gasteiger partial charge in [-0.15, -0.1) is 0 Å². The highest BCUT2D eigenvalue weighted by Crippen LogP contribution is 2.36. The first kappa shape index (κ1) is 15.3. The first-order valence-corrected chi connectivity index (χ1v) is 7.07. The Hall–Kier alpha value is -1.13. The number of hydrogen-bond acceptors (Lipinski definition) is 3. The number of carbonyl (C=O) groups is 1. The van der Waals surface area contributed by atoms with Crippen molar-refractivity contribution in [1.29, 1.82) is 0 Å². The van der Waals surface area contributed by atoms with Gasteiger partial charge in [-0.2, -0.15) is 0 Å². The third-order valence-corrected chi connectivity index (χ3v) is 4.30. The van der Waals surface area contributed by atoms with Crippen LogP contribution in [0.2, 0.25) is 0 Å². The van der Waals surface area contributed by atoms with E-state index in [9.17, 15) is 4.79 Å². The molecule has 20 heavy (non-hydrogen) atoms. The fraction of sp³-hybridized carbons (Fsp3) is 0.562. The van der Waals surface area contributed by atoms with Crippen LogP contribution in [-0.2, 0) is 20.5 Å². The first-order chi connectivity index (χ1) is 9.12. The molecule has 0 aromatic heterocycles. The van der Waals surface area contributed by atoms with Crippen molar-refractivity contribution < 1.29 is 14.1 Å². The van der Waals surface area contributed by atoms with Gasteiger partial charge in [0.2, 0.25) is 0 Å². The molecule has 1 aromatic carbocycles. The summed E-state index contributed by atoms with van der Waals surface area (Å²) in [7, 11) is -0.369. The van der Waals surface area contributed by atoms with Crippen molar-refractivity contribution in [2.24, 2.45) is 0 Å². The average molecular weight is 274 g/mol. The Labute approximate surface area is 121 Å². The van der Waals surface area contributed by atoms with Gasteiger partial charge in [-0.25, -0.2) is 0 Å². The number of aryl methyl sites for hydroxylation is 1. The number of carbonyl (C=O) groups excluding carboxylic acids is 1. The van der Waals surface area contributed by atoms with Gasteiger partial charge in [0.25, 0.3) is 0 Å². The predicted octanol–water partition coefficient (Wildman–Crippen LogP) is 2.43. The summed E-state index contributed by atoms with van der Waals surface area (Å²) in [6.07, 6.45) is 0.451. The lowest BCUT2D eigenvalue weighted by atomic mass is 9.75. The van der Waals surface area contributed by atoms with Gasteiger partial charge in [-0.1, -0.05) is 23.8 Å². The summed E-state index contributed by atoms with van der Waals surface area (Å²) in [5.74, 6) is 0.161. The molecule has 0 atom stereocenters. The second-order valence-electron chi connectivity index (χ2n) is 6.66. The summed E-state index contributed by atoms with van der Waals surface area (Å²) >= 11 is 0. The summed E-state index contributed by atoms with van der Waals surface area (Å²) in [6, 6.07) is 6.04. The van der Waals surface area contributed by atoms with Crippen LogP contribution < -0.4 is 5.46 Å². The van der Waals surface area contributed by atoms with Crippen LogP contribution in [0.1, 0.15) is 45.7 Å². The van der Waals surface area contributed by atoms with Gasteiger partial charge in [0.15, 0.2) is 0 Å². The largest absolute Gasteiger partial charge is 0.495 e. The molecule has 0 unspecified atom stereocenters. The molecular weight excluding hydrogens is 251 g/mol. The molecule has 0 amide bonds. The highest BCUT2D eigenvalue weighted by Gasteiger charge is 2.52. The summed E-state index contributed by atoms with van der Waals surface area (Å²) in [4.78, 5) is 11.3. The standard InChI is InChI=1S/C16H23BO3/c1-11-7-8-13(9-12(2)18)10-14(11)17-19-15(3,4)16(5,6)20-17/h7-8,10H,9H2,1-6H3. The van der Waals surface area contributed by atoms with Crippen LogP contribution in [0.4, 0.5) is 0 Å². The molecule has 0 N–H and O–H groups in total. The molecule has 1 fully saturated rings. The fourth-order valence-electron chi connectivity index (χ4n) is 2.31. The average Bonchev–Trinajstić information content (AvgIpc) is 2.50.